The van der Waals surface area contributed by atoms with E-state index in [9.17, 15) is 4.79 Å². The number of epoxide rings is 1. The van der Waals surface area contributed by atoms with Crippen LogP contribution in [0.2, 0.25) is 0 Å². The molecule has 14 heavy (non-hydrogen) atoms. The Labute approximate surface area is 85.0 Å². The van der Waals surface area contributed by atoms with Gasteiger partial charge in [0.2, 0.25) is 0 Å². The SMILES string of the molecule is C[C@H](CNC(=O)C1CO1)OC(C)(C)C. The molecule has 1 rings (SSSR count). The van der Waals surface area contributed by atoms with Crippen molar-refractivity contribution in [1.29, 1.82) is 0 Å². The van der Waals surface area contributed by atoms with Crippen molar-refractivity contribution in [3.05, 3.63) is 0 Å². The Morgan fingerprint density at radius 3 is 2.64 bits per heavy atom. The first-order valence-corrected chi connectivity index (χ1v) is 4.95. The lowest BCUT2D eigenvalue weighted by molar-refractivity contribution is -0.123. The maximum atomic E-state index is 11.2. The van der Waals surface area contributed by atoms with Gasteiger partial charge in [-0.25, -0.2) is 0 Å². The van der Waals surface area contributed by atoms with Crippen LogP contribution >= 0.6 is 0 Å². The van der Waals surface area contributed by atoms with Crippen molar-refractivity contribution in [1.82, 2.24) is 5.32 Å². The maximum absolute atomic E-state index is 11.2. The molecule has 1 fully saturated rings. The van der Waals surface area contributed by atoms with Crippen molar-refractivity contribution in [2.24, 2.45) is 0 Å². The molecule has 1 amide bonds. The van der Waals surface area contributed by atoms with Gasteiger partial charge in [-0.3, -0.25) is 4.79 Å². The van der Waals surface area contributed by atoms with Crippen LogP contribution in [0, 0.1) is 0 Å². The highest BCUT2D eigenvalue weighted by molar-refractivity contribution is 5.82. The van der Waals surface area contributed by atoms with Gasteiger partial charge in [0.05, 0.1) is 18.3 Å². The van der Waals surface area contributed by atoms with E-state index in [4.69, 9.17) is 9.47 Å². The fraction of sp³-hybridized carbons (Fsp3) is 0.900. The van der Waals surface area contributed by atoms with E-state index in [1.807, 2.05) is 27.7 Å². The Bertz CT molecular complexity index is 206. The van der Waals surface area contributed by atoms with Crippen LogP contribution in [0.15, 0.2) is 0 Å². The molecule has 1 heterocycles. The predicted molar refractivity (Wildman–Crippen MR) is 53.0 cm³/mol. The van der Waals surface area contributed by atoms with Crippen molar-refractivity contribution >= 4 is 5.91 Å². The molecule has 4 heteroatoms. The molecular formula is C10H19NO3. The van der Waals surface area contributed by atoms with Crippen molar-refractivity contribution in [3.8, 4) is 0 Å². The van der Waals surface area contributed by atoms with Gasteiger partial charge in [0.15, 0.2) is 6.10 Å². The molecule has 0 aromatic carbocycles. The third kappa shape index (κ3) is 4.58. The molecule has 0 radical (unpaired) electrons. The van der Waals surface area contributed by atoms with E-state index in [1.165, 1.54) is 0 Å². The number of rotatable bonds is 4. The zero-order valence-corrected chi connectivity index (χ0v) is 9.29. The summed E-state index contributed by atoms with van der Waals surface area (Å²) in [6, 6.07) is 0. The molecule has 1 aliphatic heterocycles. The summed E-state index contributed by atoms with van der Waals surface area (Å²) in [5.74, 6) is -0.0330. The topological polar surface area (TPSA) is 50.9 Å². The second kappa shape index (κ2) is 4.28. The van der Waals surface area contributed by atoms with E-state index in [-0.39, 0.29) is 23.7 Å². The number of amides is 1. The summed E-state index contributed by atoms with van der Waals surface area (Å²) in [6.07, 6.45) is -0.186. The van der Waals surface area contributed by atoms with Crippen molar-refractivity contribution < 1.29 is 14.3 Å². The minimum atomic E-state index is -0.211. The molecule has 1 N–H and O–H groups in total. The lowest BCUT2D eigenvalue weighted by atomic mass is 10.2. The van der Waals surface area contributed by atoms with Crippen molar-refractivity contribution in [2.75, 3.05) is 13.2 Å². The Hall–Kier alpha value is -0.610. The largest absolute Gasteiger partial charge is 0.371 e. The van der Waals surface area contributed by atoms with Gasteiger partial charge in [-0.05, 0) is 27.7 Å². The molecule has 4 nitrogen and oxygen atoms in total. The molecule has 1 unspecified atom stereocenters. The number of nitrogens with one attached hydrogen (secondary N) is 1. The number of hydrogen-bond acceptors (Lipinski definition) is 3. The fourth-order valence-corrected chi connectivity index (χ4v) is 1.20. The number of carbonyl (C=O) groups is 1. The zero-order valence-electron chi connectivity index (χ0n) is 9.29. The van der Waals surface area contributed by atoms with Crippen LogP contribution in [0.4, 0.5) is 0 Å². The van der Waals surface area contributed by atoms with Crippen molar-refractivity contribution in [3.63, 3.8) is 0 Å². The quantitative estimate of drug-likeness (QED) is 0.681. The molecule has 2 atom stereocenters. The zero-order chi connectivity index (χ0) is 10.8. The molecule has 0 saturated carbocycles. The number of carbonyl (C=O) groups excluding carboxylic acids is 1. The Morgan fingerprint density at radius 1 is 1.64 bits per heavy atom. The van der Waals surface area contributed by atoms with Gasteiger partial charge in [0, 0.05) is 6.54 Å². The average molecular weight is 201 g/mol. The van der Waals surface area contributed by atoms with E-state index in [2.05, 4.69) is 5.32 Å². The van der Waals surface area contributed by atoms with Crippen LogP contribution in [0.1, 0.15) is 27.7 Å². The summed E-state index contributed by atoms with van der Waals surface area (Å²) in [5.41, 5.74) is -0.166. The summed E-state index contributed by atoms with van der Waals surface area (Å²) in [4.78, 5) is 11.2. The molecule has 0 bridgehead atoms. The Balaban J connectivity index is 2.13. The first kappa shape index (κ1) is 11.5. The predicted octanol–water partition coefficient (Wildman–Crippen LogP) is 0.705. The van der Waals surface area contributed by atoms with Gasteiger partial charge >= 0.3 is 0 Å². The molecule has 1 aliphatic rings. The highest BCUT2D eigenvalue weighted by Gasteiger charge is 2.31. The van der Waals surface area contributed by atoms with Crippen molar-refractivity contribution in [2.45, 2.75) is 45.5 Å². The summed E-state index contributed by atoms with van der Waals surface area (Å²) in [7, 11) is 0. The van der Waals surface area contributed by atoms with E-state index in [1.54, 1.807) is 0 Å². The number of hydrogen-bond donors (Lipinski definition) is 1. The van der Waals surface area contributed by atoms with Gasteiger partial charge < -0.3 is 14.8 Å². The molecule has 0 spiro atoms. The van der Waals surface area contributed by atoms with Crippen LogP contribution in [0.5, 0.6) is 0 Å². The Morgan fingerprint density at radius 2 is 2.21 bits per heavy atom. The number of ether oxygens (including phenoxy) is 2. The third-order valence-corrected chi connectivity index (χ3v) is 1.74. The van der Waals surface area contributed by atoms with Gasteiger partial charge in [-0.1, -0.05) is 0 Å². The van der Waals surface area contributed by atoms with Gasteiger partial charge in [-0.15, -0.1) is 0 Å². The normalized spacial score (nSPS) is 23.0. The lowest BCUT2D eigenvalue weighted by Crippen LogP contribution is -2.38. The van der Waals surface area contributed by atoms with Gasteiger partial charge in [-0.2, -0.15) is 0 Å². The average Bonchev–Trinajstić information content (AvgIpc) is 2.78. The molecule has 0 aromatic rings. The third-order valence-electron chi connectivity index (χ3n) is 1.74. The van der Waals surface area contributed by atoms with Gasteiger partial charge in [0.25, 0.3) is 5.91 Å². The first-order chi connectivity index (χ1) is 6.38. The van der Waals surface area contributed by atoms with E-state index in [0.29, 0.717) is 13.2 Å². The first-order valence-electron chi connectivity index (χ1n) is 4.95. The molecule has 0 aliphatic carbocycles. The van der Waals surface area contributed by atoms with Crippen LogP contribution in [0.25, 0.3) is 0 Å². The van der Waals surface area contributed by atoms with Crippen LogP contribution in [-0.2, 0) is 14.3 Å². The fourth-order valence-electron chi connectivity index (χ4n) is 1.20. The van der Waals surface area contributed by atoms with E-state index >= 15 is 0 Å². The second-order valence-corrected chi connectivity index (χ2v) is 4.61. The summed E-state index contributed by atoms with van der Waals surface area (Å²) >= 11 is 0. The minimum Gasteiger partial charge on any atom is -0.371 e. The molecule has 0 aromatic heterocycles. The maximum Gasteiger partial charge on any atom is 0.251 e. The highest BCUT2D eigenvalue weighted by atomic mass is 16.6. The summed E-state index contributed by atoms with van der Waals surface area (Å²) in [6.45, 7) is 9.02. The van der Waals surface area contributed by atoms with E-state index < -0.39 is 0 Å². The Kier molecular flexibility index (Phi) is 3.50. The molecular weight excluding hydrogens is 182 g/mol. The molecule has 82 valence electrons. The summed E-state index contributed by atoms with van der Waals surface area (Å²) in [5, 5.41) is 2.78. The van der Waals surface area contributed by atoms with Crippen LogP contribution < -0.4 is 5.32 Å². The minimum absolute atomic E-state index is 0.0256. The molecule has 1 saturated heterocycles. The second-order valence-electron chi connectivity index (χ2n) is 4.61. The van der Waals surface area contributed by atoms with Gasteiger partial charge in [0.1, 0.15) is 0 Å². The lowest BCUT2D eigenvalue weighted by Gasteiger charge is -2.25. The standard InChI is InChI=1S/C10H19NO3/c1-7(14-10(2,3)4)5-11-9(12)8-6-13-8/h7-8H,5-6H2,1-4H3,(H,11,12)/t7-,8?/m1/s1. The monoisotopic (exact) mass is 201 g/mol. The smallest absolute Gasteiger partial charge is 0.251 e. The van der Waals surface area contributed by atoms with Crippen LogP contribution in [-0.4, -0.2) is 36.9 Å². The van der Waals surface area contributed by atoms with Crippen LogP contribution in [0.3, 0.4) is 0 Å². The summed E-state index contributed by atoms with van der Waals surface area (Å²) < 4.78 is 10.5. The van der Waals surface area contributed by atoms with E-state index in [0.717, 1.165) is 0 Å². The highest BCUT2D eigenvalue weighted by Crippen LogP contribution is 2.11.